The van der Waals surface area contributed by atoms with Gasteiger partial charge in [0.05, 0.1) is 6.61 Å². The molecule has 0 aromatic heterocycles. The summed E-state index contributed by atoms with van der Waals surface area (Å²) < 4.78 is 4.93. The zero-order valence-corrected chi connectivity index (χ0v) is 10.9. The number of methoxy groups -OCH3 is 1. The summed E-state index contributed by atoms with van der Waals surface area (Å²) in [6.07, 6.45) is 4.08. The molecule has 1 aliphatic heterocycles. The highest BCUT2D eigenvalue weighted by molar-refractivity contribution is 7.80. The Morgan fingerprint density at radius 1 is 1.19 bits per heavy atom. The van der Waals surface area contributed by atoms with E-state index < -0.39 is 0 Å². The third-order valence-electron chi connectivity index (χ3n) is 2.75. The maximum Gasteiger partial charge on any atom is 0.166 e. The third kappa shape index (κ3) is 6.25. The van der Waals surface area contributed by atoms with Crippen molar-refractivity contribution < 1.29 is 4.74 Å². The first kappa shape index (κ1) is 13.7. The molecule has 0 radical (unpaired) electrons. The van der Waals surface area contributed by atoms with Crippen LogP contribution < -0.4 is 10.6 Å². The number of likely N-dealkylation sites (tertiary alicyclic amines) is 1. The summed E-state index contributed by atoms with van der Waals surface area (Å²) in [6, 6.07) is 0. The summed E-state index contributed by atoms with van der Waals surface area (Å²) in [5, 5.41) is 7.04. The van der Waals surface area contributed by atoms with Crippen LogP contribution >= 0.6 is 12.2 Å². The van der Waals surface area contributed by atoms with Crippen LogP contribution in [0.5, 0.6) is 0 Å². The van der Waals surface area contributed by atoms with Crippen molar-refractivity contribution in [2.75, 3.05) is 46.4 Å². The van der Waals surface area contributed by atoms with E-state index in [1.807, 2.05) is 0 Å². The number of thiocarbonyl (C=S) groups is 1. The van der Waals surface area contributed by atoms with Gasteiger partial charge in [0.25, 0.3) is 0 Å². The van der Waals surface area contributed by atoms with E-state index in [1.54, 1.807) is 7.11 Å². The fourth-order valence-electron chi connectivity index (χ4n) is 1.84. The van der Waals surface area contributed by atoms with Crippen molar-refractivity contribution in [3.8, 4) is 0 Å². The van der Waals surface area contributed by atoms with Crippen LogP contribution in [0.1, 0.15) is 19.3 Å². The van der Waals surface area contributed by atoms with Gasteiger partial charge in [0.15, 0.2) is 5.11 Å². The van der Waals surface area contributed by atoms with E-state index >= 15 is 0 Å². The van der Waals surface area contributed by atoms with E-state index in [2.05, 4.69) is 15.5 Å². The largest absolute Gasteiger partial charge is 0.383 e. The summed E-state index contributed by atoms with van der Waals surface area (Å²) in [7, 11) is 1.69. The lowest BCUT2D eigenvalue weighted by Gasteiger charge is -2.26. The maximum atomic E-state index is 5.14. The number of hydrogen-bond donors (Lipinski definition) is 2. The van der Waals surface area contributed by atoms with Crippen LogP contribution in [0, 0.1) is 0 Å². The average molecular weight is 245 g/mol. The Balaban J connectivity index is 1.94. The normalized spacial score (nSPS) is 17.1. The summed E-state index contributed by atoms with van der Waals surface area (Å²) in [6.45, 7) is 5.96. The summed E-state index contributed by atoms with van der Waals surface area (Å²) in [5.74, 6) is 0. The Bertz CT molecular complexity index is 196. The average Bonchev–Trinajstić information content (AvgIpc) is 2.31. The number of ether oxygens (including phenoxy) is 1. The maximum absolute atomic E-state index is 5.14. The molecular formula is C11H23N3OS. The number of piperidine rings is 1. The Kier molecular flexibility index (Phi) is 7.46. The van der Waals surface area contributed by atoms with Gasteiger partial charge in [0, 0.05) is 26.7 Å². The predicted molar refractivity (Wildman–Crippen MR) is 70.8 cm³/mol. The summed E-state index contributed by atoms with van der Waals surface area (Å²) in [4.78, 5) is 2.49. The van der Waals surface area contributed by atoms with Gasteiger partial charge in [-0.15, -0.1) is 0 Å². The second-order valence-electron chi connectivity index (χ2n) is 4.08. The standard InChI is InChI=1S/C11H23N3OS/c1-15-10-6-13-11(16)12-5-9-14-7-3-2-4-8-14/h2-10H2,1H3,(H2,12,13,16). The molecule has 0 unspecified atom stereocenters. The predicted octanol–water partition coefficient (Wildman–Crippen LogP) is 0.583. The quantitative estimate of drug-likeness (QED) is 0.529. The van der Waals surface area contributed by atoms with Crippen LogP contribution in [0.15, 0.2) is 0 Å². The molecule has 1 saturated heterocycles. The molecule has 1 heterocycles. The van der Waals surface area contributed by atoms with Crippen molar-refractivity contribution in [3.63, 3.8) is 0 Å². The van der Waals surface area contributed by atoms with E-state index in [4.69, 9.17) is 17.0 Å². The number of hydrogen-bond acceptors (Lipinski definition) is 3. The molecule has 0 spiro atoms. The van der Waals surface area contributed by atoms with Gasteiger partial charge in [-0.3, -0.25) is 0 Å². The van der Waals surface area contributed by atoms with Crippen molar-refractivity contribution in [3.05, 3.63) is 0 Å². The van der Waals surface area contributed by atoms with E-state index in [-0.39, 0.29) is 0 Å². The highest BCUT2D eigenvalue weighted by Crippen LogP contribution is 2.07. The van der Waals surface area contributed by atoms with Gasteiger partial charge in [-0.25, -0.2) is 0 Å². The molecule has 0 saturated carbocycles. The molecule has 5 heteroatoms. The fraction of sp³-hybridized carbons (Fsp3) is 0.909. The molecule has 1 aliphatic rings. The van der Waals surface area contributed by atoms with Crippen molar-refractivity contribution >= 4 is 17.3 Å². The van der Waals surface area contributed by atoms with Gasteiger partial charge in [0.1, 0.15) is 0 Å². The van der Waals surface area contributed by atoms with Gasteiger partial charge in [-0.05, 0) is 38.1 Å². The topological polar surface area (TPSA) is 36.5 Å². The molecule has 16 heavy (non-hydrogen) atoms. The number of nitrogens with zero attached hydrogens (tertiary/aromatic N) is 1. The lowest BCUT2D eigenvalue weighted by atomic mass is 10.1. The van der Waals surface area contributed by atoms with Crippen LogP contribution in [0.4, 0.5) is 0 Å². The zero-order chi connectivity index (χ0) is 11.6. The van der Waals surface area contributed by atoms with Gasteiger partial charge in [0.2, 0.25) is 0 Å². The Hall–Kier alpha value is -0.390. The minimum Gasteiger partial charge on any atom is -0.383 e. The minimum atomic E-state index is 0.688. The van der Waals surface area contributed by atoms with Crippen molar-refractivity contribution in [1.82, 2.24) is 15.5 Å². The van der Waals surface area contributed by atoms with E-state index in [0.29, 0.717) is 6.61 Å². The molecular weight excluding hydrogens is 222 g/mol. The highest BCUT2D eigenvalue weighted by Gasteiger charge is 2.08. The van der Waals surface area contributed by atoms with Crippen LogP contribution in [0.2, 0.25) is 0 Å². The van der Waals surface area contributed by atoms with E-state index in [9.17, 15) is 0 Å². The Morgan fingerprint density at radius 3 is 2.56 bits per heavy atom. The molecule has 1 rings (SSSR count). The number of rotatable bonds is 6. The SMILES string of the molecule is COCCNC(=S)NCCN1CCCCC1. The summed E-state index contributed by atoms with van der Waals surface area (Å²) in [5.41, 5.74) is 0. The van der Waals surface area contributed by atoms with Gasteiger partial charge >= 0.3 is 0 Å². The Labute approximate surface area is 104 Å². The molecule has 4 nitrogen and oxygen atoms in total. The molecule has 2 N–H and O–H groups in total. The monoisotopic (exact) mass is 245 g/mol. The number of nitrogens with one attached hydrogen (secondary N) is 2. The highest BCUT2D eigenvalue weighted by atomic mass is 32.1. The van der Waals surface area contributed by atoms with Crippen molar-refractivity contribution in [1.29, 1.82) is 0 Å². The molecule has 0 amide bonds. The molecule has 0 aromatic carbocycles. The van der Waals surface area contributed by atoms with E-state index in [1.165, 1.54) is 32.4 Å². The lowest BCUT2D eigenvalue weighted by molar-refractivity contribution is 0.203. The van der Waals surface area contributed by atoms with Gasteiger partial charge < -0.3 is 20.3 Å². The van der Waals surface area contributed by atoms with E-state index in [0.717, 1.165) is 24.7 Å². The molecule has 1 fully saturated rings. The fourth-order valence-corrected chi connectivity index (χ4v) is 2.04. The summed E-state index contributed by atoms with van der Waals surface area (Å²) >= 11 is 5.14. The Morgan fingerprint density at radius 2 is 1.88 bits per heavy atom. The minimum absolute atomic E-state index is 0.688. The first-order valence-corrected chi connectivity index (χ1v) is 6.47. The van der Waals surface area contributed by atoms with Crippen molar-refractivity contribution in [2.24, 2.45) is 0 Å². The lowest BCUT2D eigenvalue weighted by Crippen LogP contribution is -2.42. The van der Waals surface area contributed by atoms with Gasteiger partial charge in [-0.1, -0.05) is 6.42 Å². The van der Waals surface area contributed by atoms with Crippen LogP contribution in [0.25, 0.3) is 0 Å². The second kappa shape index (κ2) is 8.73. The second-order valence-corrected chi connectivity index (χ2v) is 4.49. The van der Waals surface area contributed by atoms with Crippen LogP contribution in [0.3, 0.4) is 0 Å². The smallest absolute Gasteiger partial charge is 0.166 e. The molecule has 0 aliphatic carbocycles. The molecule has 0 bridgehead atoms. The zero-order valence-electron chi connectivity index (χ0n) is 10.1. The van der Waals surface area contributed by atoms with Crippen molar-refractivity contribution in [2.45, 2.75) is 19.3 Å². The van der Waals surface area contributed by atoms with Crippen LogP contribution in [-0.2, 0) is 4.74 Å². The molecule has 0 atom stereocenters. The first-order valence-electron chi connectivity index (χ1n) is 6.06. The third-order valence-corrected chi connectivity index (χ3v) is 3.04. The molecule has 94 valence electrons. The van der Waals surface area contributed by atoms with Gasteiger partial charge in [-0.2, -0.15) is 0 Å². The molecule has 0 aromatic rings. The van der Waals surface area contributed by atoms with Crippen LogP contribution in [-0.4, -0.2) is 56.5 Å². The first-order chi connectivity index (χ1) is 7.83.